The number of imidazole rings is 1. The molecule has 0 aliphatic heterocycles. The first-order valence-corrected chi connectivity index (χ1v) is 1.79. The van der Waals surface area contributed by atoms with Gasteiger partial charge in [-0.15, -0.1) is 0 Å². The van der Waals surface area contributed by atoms with Gasteiger partial charge in [0.15, 0.2) is 0 Å². The van der Waals surface area contributed by atoms with Crippen LogP contribution in [0.1, 0.15) is 7.12 Å². The monoisotopic (exact) mass is 83.1 g/mol. The molecule has 0 unspecified atom stereocenters. The van der Waals surface area contributed by atoms with Gasteiger partial charge in [-0.2, -0.15) is 0 Å². The molecule has 0 fully saturated rings. The van der Waals surface area contributed by atoms with Gasteiger partial charge in [-0.05, 0) is 6.92 Å². The van der Waals surface area contributed by atoms with Gasteiger partial charge in [-0.25, -0.2) is 0 Å². The molecular weight excluding hydrogens is 76.1 g/mol. The SMILES string of the molecule is Cc1c[n-]cn1.[HH]. The Bertz CT molecular complexity index is 113. The van der Waals surface area contributed by atoms with Crippen LogP contribution in [-0.4, -0.2) is 4.98 Å². The molecule has 0 radical (unpaired) electrons. The molecule has 34 valence electrons. The molecule has 1 rings (SSSR count). The van der Waals surface area contributed by atoms with Crippen molar-refractivity contribution in [2.45, 2.75) is 6.92 Å². The van der Waals surface area contributed by atoms with Crippen molar-refractivity contribution in [3.63, 3.8) is 0 Å². The summed E-state index contributed by atoms with van der Waals surface area (Å²) in [6.07, 6.45) is 3.26. The molecule has 0 spiro atoms. The summed E-state index contributed by atoms with van der Waals surface area (Å²) in [5, 5.41) is 0. The molecule has 2 nitrogen and oxygen atoms in total. The third-order valence-corrected chi connectivity index (χ3v) is 0.589. The van der Waals surface area contributed by atoms with E-state index in [0.717, 1.165) is 5.69 Å². The van der Waals surface area contributed by atoms with Crippen LogP contribution >= 0.6 is 0 Å². The molecule has 0 bridgehead atoms. The summed E-state index contributed by atoms with van der Waals surface area (Å²) in [4.78, 5) is 7.52. The Morgan fingerprint density at radius 3 is 3.00 bits per heavy atom. The topological polar surface area (TPSA) is 27.0 Å². The molecule has 0 N–H and O–H groups in total. The second-order valence-electron chi connectivity index (χ2n) is 1.16. The van der Waals surface area contributed by atoms with E-state index in [1.807, 2.05) is 6.92 Å². The number of hydrogen-bond acceptors (Lipinski definition) is 1. The van der Waals surface area contributed by atoms with Gasteiger partial charge < -0.3 is 9.97 Å². The first-order chi connectivity index (χ1) is 2.89. The van der Waals surface area contributed by atoms with E-state index >= 15 is 0 Å². The minimum atomic E-state index is 0. The van der Waals surface area contributed by atoms with Crippen LogP contribution in [0.3, 0.4) is 0 Å². The number of rotatable bonds is 0. The number of aromatic nitrogens is 2. The predicted octanol–water partition coefficient (Wildman–Crippen LogP) is 0.593. The molecule has 0 atom stereocenters. The summed E-state index contributed by atoms with van der Waals surface area (Å²) in [6, 6.07) is 0. The second kappa shape index (κ2) is 1.12. The highest BCUT2D eigenvalue weighted by Crippen LogP contribution is 1.79. The van der Waals surface area contributed by atoms with Gasteiger partial charge in [0.1, 0.15) is 0 Å². The van der Waals surface area contributed by atoms with Crippen LogP contribution in [0.25, 0.3) is 0 Å². The minimum absolute atomic E-state index is 0. The van der Waals surface area contributed by atoms with Crippen LogP contribution in [-0.2, 0) is 0 Å². The maximum atomic E-state index is 3.81. The smallest absolute Gasteiger partial charge is 0 e. The van der Waals surface area contributed by atoms with Crippen molar-refractivity contribution >= 4 is 0 Å². The first-order valence-electron chi connectivity index (χ1n) is 1.79. The quantitative estimate of drug-likeness (QED) is 0.459. The molecule has 1 aromatic rings. The zero-order valence-electron chi connectivity index (χ0n) is 3.55. The second-order valence-corrected chi connectivity index (χ2v) is 1.16. The Morgan fingerprint density at radius 1 is 2.00 bits per heavy atom. The van der Waals surface area contributed by atoms with Crippen LogP contribution in [0.5, 0.6) is 0 Å². The highest BCUT2D eigenvalue weighted by Gasteiger charge is 1.61. The molecule has 0 saturated carbocycles. The van der Waals surface area contributed by atoms with Gasteiger partial charge >= 0.3 is 0 Å². The fourth-order valence-electron chi connectivity index (χ4n) is 0.299. The lowest BCUT2D eigenvalue weighted by atomic mass is 10.6. The third-order valence-electron chi connectivity index (χ3n) is 0.589. The summed E-state index contributed by atoms with van der Waals surface area (Å²) >= 11 is 0. The molecule has 0 aromatic carbocycles. The molecule has 2 heteroatoms. The maximum Gasteiger partial charge on any atom is 0 e. The van der Waals surface area contributed by atoms with Gasteiger partial charge in [0.2, 0.25) is 0 Å². The van der Waals surface area contributed by atoms with Gasteiger partial charge in [0.25, 0.3) is 0 Å². The molecule has 0 aliphatic rings. The Labute approximate surface area is 37.7 Å². The van der Waals surface area contributed by atoms with E-state index in [1.165, 1.54) is 6.33 Å². The number of aryl methyl sites for hydroxylation is 1. The zero-order valence-corrected chi connectivity index (χ0v) is 3.55. The lowest BCUT2D eigenvalue weighted by molar-refractivity contribution is 1.25. The van der Waals surface area contributed by atoms with E-state index in [9.17, 15) is 0 Å². The van der Waals surface area contributed by atoms with Crippen molar-refractivity contribution in [3.05, 3.63) is 18.2 Å². The van der Waals surface area contributed by atoms with Crippen molar-refractivity contribution in [3.8, 4) is 0 Å². The van der Waals surface area contributed by atoms with E-state index in [-0.39, 0.29) is 1.43 Å². The van der Waals surface area contributed by atoms with Crippen LogP contribution < -0.4 is 4.98 Å². The third kappa shape index (κ3) is 0.407. The van der Waals surface area contributed by atoms with Gasteiger partial charge in [0.05, 0.1) is 0 Å². The van der Waals surface area contributed by atoms with Gasteiger partial charge in [-0.3, -0.25) is 0 Å². The van der Waals surface area contributed by atoms with Crippen molar-refractivity contribution in [1.29, 1.82) is 0 Å². The molecule has 6 heavy (non-hydrogen) atoms. The Hall–Kier alpha value is -0.790. The highest BCUT2D eigenvalue weighted by molar-refractivity contribution is 4.87. The molecule has 0 amide bonds. The number of nitrogens with zero attached hydrogens (tertiary/aromatic N) is 2. The van der Waals surface area contributed by atoms with Crippen molar-refractivity contribution in [2.75, 3.05) is 0 Å². The summed E-state index contributed by atoms with van der Waals surface area (Å²) in [6.45, 7) is 1.91. The molecule has 0 saturated heterocycles. The average molecular weight is 83.1 g/mol. The van der Waals surface area contributed by atoms with Crippen molar-refractivity contribution < 1.29 is 1.43 Å². The zero-order chi connectivity index (χ0) is 4.41. The van der Waals surface area contributed by atoms with E-state index in [2.05, 4.69) is 9.97 Å². The molecular formula is C4H7N2-. The Kier molecular flexibility index (Phi) is 0.638. The molecule has 1 aromatic heterocycles. The fraction of sp³-hybridized carbons (Fsp3) is 0.250. The molecule has 0 aliphatic carbocycles. The summed E-state index contributed by atoms with van der Waals surface area (Å²) in [7, 11) is 0. The standard InChI is InChI=1S/C4H5N2.H2/c1-4-2-5-3-6-4;/h2-3H,1H3;1H/q-1;. The summed E-state index contributed by atoms with van der Waals surface area (Å²) in [5.74, 6) is 0. The van der Waals surface area contributed by atoms with Crippen molar-refractivity contribution in [2.24, 2.45) is 0 Å². The molecule has 1 heterocycles. The van der Waals surface area contributed by atoms with Crippen LogP contribution in [0, 0.1) is 6.92 Å². The summed E-state index contributed by atoms with van der Waals surface area (Å²) < 4.78 is 0. The number of hydrogen-bond donors (Lipinski definition) is 0. The normalized spacial score (nSPS) is 8.83. The Morgan fingerprint density at radius 2 is 2.83 bits per heavy atom. The van der Waals surface area contributed by atoms with Gasteiger partial charge in [0, 0.05) is 1.43 Å². The van der Waals surface area contributed by atoms with E-state index in [4.69, 9.17) is 0 Å². The van der Waals surface area contributed by atoms with E-state index in [0.29, 0.717) is 0 Å². The Balaban J connectivity index is 0.000000360. The lowest BCUT2D eigenvalue weighted by Gasteiger charge is -1.77. The fourth-order valence-corrected chi connectivity index (χ4v) is 0.299. The lowest BCUT2D eigenvalue weighted by Crippen LogP contribution is -1.59. The largest absolute Gasteiger partial charge is 0.450 e. The van der Waals surface area contributed by atoms with E-state index < -0.39 is 0 Å². The predicted molar refractivity (Wildman–Crippen MR) is 24.4 cm³/mol. The van der Waals surface area contributed by atoms with Crippen LogP contribution in [0.4, 0.5) is 0 Å². The van der Waals surface area contributed by atoms with Crippen LogP contribution in [0.15, 0.2) is 12.5 Å². The van der Waals surface area contributed by atoms with Crippen molar-refractivity contribution in [1.82, 2.24) is 9.97 Å². The minimum Gasteiger partial charge on any atom is -0.450 e. The van der Waals surface area contributed by atoms with E-state index in [1.54, 1.807) is 6.20 Å². The van der Waals surface area contributed by atoms with Crippen LogP contribution in [0.2, 0.25) is 0 Å². The highest BCUT2D eigenvalue weighted by atomic mass is 14.8. The first kappa shape index (κ1) is 3.40. The average Bonchev–Trinajstić information content (AvgIpc) is 1.86. The maximum absolute atomic E-state index is 3.81. The van der Waals surface area contributed by atoms with Gasteiger partial charge in [-0.1, -0.05) is 18.2 Å². The summed E-state index contributed by atoms with van der Waals surface area (Å²) in [5.41, 5.74) is 0.981.